The molecule has 2 aliphatic rings. The van der Waals surface area contributed by atoms with Crippen molar-refractivity contribution in [3.05, 3.63) is 35.1 Å². The fourth-order valence-electron chi connectivity index (χ4n) is 3.70. The van der Waals surface area contributed by atoms with Gasteiger partial charge in [-0.15, -0.1) is 5.10 Å². The molecule has 4 rings (SSSR count). The number of nitrogens with one attached hydrogen (secondary N) is 2. The summed E-state index contributed by atoms with van der Waals surface area (Å²) in [6.45, 7) is 5.71. The first-order valence-electron chi connectivity index (χ1n) is 9.13. The number of anilines is 1. The lowest BCUT2D eigenvalue weighted by Crippen LogP contribution is -2.47. The molecule has 0 aliphatic heterocycles. The Labute approximate surface area is 157 Å². The van der Waals surface area contributed by atoms with Crippen molar-refractivity contribution < 1.29 is 14.6 Å². The third-order valence-corrected chi connectivity index (χ3v) is 5.41. The molecular formula is C18H24N6O3. The fraction of sp³-hybridized carbons (Fsp3) is 0.556. The Balaban J connectivity index is 1.60. The second kappa shape index (κ2) is 6.19. The first kappa shape index (κ1) is 17.7. The molecule has 2 aromatic rings. The minimum Gasteiger partial charge on any atom is -0.619 e. The molecule has 9 heteroatoms. The van der Waals surface area contributed by atoms with Gasteiger partial charge < -0.3 is 15.6 Å². The van der Waals surface area contributed by atoms with Crippen LogP contribution < -0.4 is 15.4 Å². The number of hydrogen-bond acceptors (Lipinski definition) is 5. The molecule has 0 saturated heterocycles. The minimum absolute atomic E-state index is 0.148. The largest absolute Gasteiger partial charge is 0.619 e. The van der Waals surface area contributed by atoms with Crippen molar-refractivity contribution in [2.75, 3.05) is 11.9 Å². The molecule has 0 radical (unpaired) electrons. The third kappa shape index (κ3) is 3.23. The summed E-state index contributed by atoms with van der Waals surface area (Å²) in [6, 6.07) is -0.784. The van der Waals surface area contributed by atoms with Crippen molar-refractivity contribution >= 4 is 11.8 Å². The summed E-state index contributed by atoms with van der Waals surface area (Å²) in [5, 5.41) is 31.3. The van der Waals surface area contributed by atoms with Crippen LogP contribution in [0.25, 0.3) is 5.82 Å². The maximum absolute atomic E-state index is 12.5. The van der Waals surface area contributed by atoms with Gasteiger partial charge in [-0.2, -0.15) is 4.73 Å². The van der Waals surface area contributed by atoms with E-state index in [2.05, 4.69) is 20.7 Å². The van der Waals surface area contributed by atoms with Crippen molar-refractivity contribution in [2.24, 2.45) is 11.3 Å². The number of rotatable bonds is 4. The summed E-state index contributed by atoms with van der Waals surface area (Å²) < 4.78 is 2.36. The lowest BCUT2D eigenvalue weighted by molar-refractivity contribution is -0.605. The first-order valence-corrected chi connectivity index (χ1v) is 9.13. The number of carbonyl (C=O) groups excluding carboxylic acids is 1. The molecule has 9 nitrogen and oxygen atoms in total. The number of aliphatic hydroxyl groups is 1. The molecule has 0 bridgehead atoms. The third-order valence-electron chi connectivity index (χ3n) is 5.41. The SMILES string of the molecule is CC(C)(C)[C@@H](CO)NC(=O)Nc1nn(-c2c[n+]([O-])ccn2)c2c1CC1CC21. The van der Waals surface area contributed by atoms with Gasteiger partial charge in [-0.05, 0) is 24.2 Å². The maximum Gasteiger partial charge on any atom is 0.320 e. The van der Waals surface area contributed by atoms with Gasteiger partial charge in [-0.25, -0.2) is 14.5 Å². The molecule has 2 aromatic heterocycles. The van der Waals surface area contributed by atoms with Crippen LogP contribution >= 0.6 is 0 Å². The molecular weight excluding hydrogens is 348 g/mol. The molecule has 2 unspecified atom stereocenters. The van der Waals surface area contributed by atoms with Crippen molar-refractivity contribution in [1.29, 1.82) is 0 Å². The van der Waals surface area contributed by atoms with Gasteiger partial charge in [0.25, 0.3) is 0 Å². The van der Waals surface area contributed by atoms with Gasteiger partial charge in [0.05, 0.1) is 24.5 Å². The zero-order chi connectivity index (χ0) is 19.3. The average Bonchev–Trinajstić information content (AvgIpc) is 3.12. The predicted octanol–water partition coefficient (Wildman–Crippen LogP) is 1.09. The number of amides is 2. The van der Waals surface area contributed by atoms with E-state index in [0.29, 0.717) is 28.2 Å². The smallest absolute Gasteiger partial charge is 0.320 e. The van der Waals surface area contributed by atoms with Crippen LogP contribution in [0.2, 0.25) is 0 Å². The van der Waals surface area contributed by atoms with Crippen LogP contribution in [0.1, 0.15) is 44.4 Å². The quantitative estimate of drug-likeness (QED) is 0.548. The molecule has 144 valence electrons. The van der Waals surface area contributed by atoms with E-state index in [4.69, 9.17) is 0 Å². The number of aromatic nitrogens is 4. The van der Waals surface area contributed by atoms with Gasteiger partial charge in [0.1, 0.15) is 0 Å². The number of urea groups is 1. The molecule has 27 heavy (non-hydrogen) atoms. The van der Waals surface area contributed by atoms with Gasteiger partial charge in [0, 0.05) is 11.5 Å². The highest BCUT2D eigenvalue weighted by Gasteiger charge is 2.50. The normalized spacial score (nSPS) is 21.3. The monoisotopic (exact) mass is 372 g/mol. The number of nitrogens with zero attached hydrogens (tertiary/aromatic N) is 4. The van der Waals surface area contributed by atoms with Crippen LogP contribution in [-0.4, -0.2) is 38.6 Å². The minimum atomic E-state index is -0.406. The molecule has 1 fully saturated rings. The average molecular weight is 372 g/mol. The Morgan fingerprint density at radius 3 is 2.96 bits per heavy atom. The topological polar surface area (TPSA) is 119 Å². The summed E-state index contributed by atoms with van der Waals surface area (Å²) in [5.74, 6) is 1.92. The summed E-state index contributed by atoms with van der Waals surface area (Å²) in [4.78, 5) is 16.7. The van der Waals surface area contributed by atoms with Gasteiger partial charge >= 0.3 is 6.03 Å². The van der Waals surface area contributed by atoms with Crippen LogP contribution in [0.15, 0.2) is 18.6 Å². The van der Waals surface area contributed by atoms with E-state index in [1.165, 1.54) is 18.6 Å². The Hall–Kier alpha value is -2.68. The van der Waals surface area contributed by atoms with Crippen LogP contribution in [0.5, 0.6) is 0 Å². The van der Waals surface area contributed by atoms with Crippen molar-refractivity contribution in [2.45, 2.75) is 45.6 Å². The Morgan fingerprint density at radius 2 is 2.30 bits per heavy atom. The molecule has 3 N–H and O–H groups in total. The van der Waals surface area contributed by atoms with Gasteiger partial charge in [-0.1, -0.05) is 20.8 Å². The number of carbonyl (C=O) groups is 1. The second-order valence-electron chi connectivity index (χ2n) is 8.40. The lowest BCUT2D eigenvalue weighted by Gasteiger charge is -2.29. The standard InChI is InChI=1S/C18H24N6O3/c1-18(2,3)13(9-25)20-17(26)21-16-12-7-10-6-11(10)15(12)24(22-16)14-8-23(27)5-4-19-14/h4-5,8,10-11,13,25H,6-7,9H2,1-3H3,(H2,20,21,22,26)/t10?,11?,13-/m1/s1. The second-order valence-corrected chi connectivity index (χ2v) is 8.40. The van der Waals surface area contributed by atoms with Crippen LogP contribution in [0.4, 0.5) is 10.6 Å². The highest BCUT2D eigenvalue weighted by molar-refractivity contribution is 5.89. The molecule has 2 heterocycles. The Morgan fingerprint density at radius 1 is 1.52 bits per heavy atom. The van der Waals surface area contributed by atoms with Crippen LogP contribution in [0.3, 0.4) is 0 Å². The van der Waals surface area contributed by atoms with Gasteiger partial charge in [-0.3, -0.25) is 5.32 Å². The highest BCUT2D eigenvalue weighted by Crippen LogP contribution is 2.58. The van der Waals surface area contributed by atoms with E-state index in [1.54, 1.807) is 4.68 Å². The summed E-state index contributed by atoms with van der Waals surface area (Å²) in [7, 11) is 0. The molecule has 0 spiro atoms. The predicted molar refractivity (Wildman–Crippen MR) is 97.4 cm³/mol. The summed E-state index contributed by atoms with van der Waals surface area (Å²) >= 11 is 0. The van der Waals surface area contributed by atoms with Gasteiger partial charge in [0.15, 0.2) is 12.0 Å². The van der Waals surface area contributed by atoms with E-state index < -0.39 is 6.03 Å². The zero-order valence-electron chi connectivity index (χ0n) is 15.6. The van der Waals surface area contributed by atoms with Crippen molar-refractivity contribution in [3.8, 4) is 5.82 Å². The van der Waals surface area contributed by atoms with E-state index >= 15 is 0 Å². The molecule has 2 aliphatic carbocycles. The maximum atomic E-state index is 12.5. The van der Waals surface area contributed by atoms with E-state index in [-0.39, 0.29) is 18.1 Å². The highest BCUT2D eigenvalue weighted by atomic mass is 16.5. The van der Waals surface area contributed by atoms with Crippen LogP contribution in [-0.2, 0) is 6.42 Å². The van der Waals surface area contributed by atoms with Crippen molar-refractivity contribution in [1.82, 2.24) is 20.1 Å². The first-order chi connectivity index (χ1) is 12.8. The Kier molecular flexibility index (Phi) is 4.06. The van der Waals surface area contributed by atoms with Crippen LogP contribution in [0, 0.1) is 16.5 Å². The molecule has 1 saturated carbocycles. The molecule has 0 aromatic carbocycles. The van der Waals surface area contributed by atoms with E-state index in [9.17, 15) is 15.1 Å². The lowest BCUT2D eigenvalue weighted by atomic mass is 9.87. The van der Waals surface area contributed by atoms with E-state index in [0.717, 1.165) is 24.1 Å². The number of fused-ring (bicyclic) bond motifs is 3. The molecule has 2 amide bonds. The summed E-state index contributed by atoms with van der Waals surface area (Å²) in [5.41, 5.74) is 1.76. The number of hydrogen-bond donors (Lipinski definition) is 3. The van der Waals surface area contributed by atoms with Gasteiger partial charge in [0.2, 0.25) is 12.0 Å². The summed E-state index contributed by atoms with van der Waals surface area (Å²) in [6.07, 6.45) is 6.09. The molecule has 3 atom stereocenters. The Bertz CT molecular complexity index is 888. The van der Waals surface area contributed by atoms with E-state index in [1.807, 2.05) is 20.8 Å². The zero-order valence-corrected chi connectivity index (χ0v) is 15.6. The number of aliphatic hydroxyl groups excluding tert-OH is 1. The van der Waals surface area contributed by atoms with Crippen molar-refractivity contribution in [3.63, 3.8) is 0 Å². The fourth-order valence-corrected chi connectivity index (χ4v) is 3.70.